The Morgan fingerprint density at radius 3 is 2.42 bits per heavy atom. The fourth-order valence-corrected chi connectivity index (χ4v) is 1.73. The quantitative estimate of drug-likeness (QED) is 0.641. The highest BCUT2D eigenvalue weighted by Crippen LogP contribution is 2.20. The number of thioether (sulfide) groups is 1. The normalized spacial score (nSPS) is 13.4. The van der Waals surface area contributed by atoms with E-state index >= 15 is 0 Å². The second-order valence-electron chi connectivity index (χ2n) is 3.54. The first-order valence-corrected chi connectivity index (χ1v) is 5.55. The molecule has 0 aliphatic heterocycles. The minimum Gasteiger partial charge on any atom is -0.316 e. The molecule has 0 aromatic heterocycles. The first-order chi connectivity index (χ1) is 5.57. The maximum absolute atomic E-state index is 3.99. The minimum absolute atomic E-state index is 0.735. The van der Waals surface area contributed by atoms with Crippen LogP contribution in [0.1, 0.15) is 20.8 Å². The van der Waals surface area contributed by atoms with Gasteiger partial charge in [0, 0.05) is 17.5 Å². The zero-order valence-electron chi connectivity index (χ0n) is 8.68. The van der Waals surface area contributed by atoms with Gasteiger partial charge < -0.3 is 5.32 Å². The Balaban J connectivity index is 3.47. The molecule has 0 fully saturated rings. The third-order valence-electron chi connectivity index (χ3n) is 1.92. The Hall–Kier alpha value is 0.0500. The standard InChI is InChI=1S/C10H21NS/c1-8(2)10(4)12-7-9(3)6-11-5/h8,10-11H,3,6-7H2,1-2,4-5H3. The van der Waals surface area contributed by atoms with Gasteiger partial charge in [-0.05, 0) is 13.0 Å². The Kier molecular flexibility index (Phi) is 6.58. The third-order valence-corrected chi connectivity index (χ3v) is 3.56. The van der Waals surface area contributed by atoms with Crippen LogP contribution in [-0.4, -0.2) is 24.6 Å². The fraction of sp³-hybridized carbons (Fsp3) is 0.800. The lowest BCUT2D eigenvalue weighted by Gasteiger charge is -2.15. The number of hydrogen-bond donors (Lipinski definition) is 1. The summed E-state index contributed by atoms with van der Waals surface area (Å²) < 4.78 is 0. The predicted octanol–water partition coefficient (Wildman–Crippen LogP) is 2.54. The molecule has 0 radical (unpaired) electrons. The van der Waals surface area contributed by atoms with E-state index in [9.17, 15) is 0 Å². The Morgan fingerprint density at radius 1 is 1.42 bits per heavy atom. The molecular formula is C10H21NS. The minimum atomic E-state index is 0.735. The van der Waals surface area contributed by atoms with Gasteiger partial charge >= 0.3 is 0 Å². The molecule has 12 heavy (non-hydrogen) atoms. The number of hydrogen-bond acceptors (Lipinski definition) is 2. The van der Waals surface area contributed by atoms with Crippen LogP contribution in [0, 0.1) is 5.92 Å². The van der Waals surface area contributed by atoms with E-state index in [0.29, 0.717) is 0 Å². The molecule has 0 aromatic carbocycles. The van der Waals surface area contributed by atoms with E-state index < -0.39 is 0 Å². The van der Waals surface area contributed by atoms with E-state index in [1.54, 1.807) is 0 Å². The van der Waals surface area contributed by atoms with Crippen molar-refractivity contribution in [3.63, 3.8) is 0 Å². The van der Waals surface area contributed by atoms with Crippen molar-refractivity contribution in [2.75, 3.05) is 19.3 Å². The van der Waals surface area contributed by atoms with Crippen LogP contribution in [0.4, 0.5) is 0 Å². The Bertz CT molecular complexity index is 132. The molecule has 0 aliphatic rings. The van der Waals surface area contributed by atoms with E-state index in [-0.39, 0.29) is 0 Å². The predicted molar refractivity (Wildman–Crippen MR) is 59.8 cm³/mol. The average Bonchev–Trinajstić information content (AvgIpc) is 2.00. The van der Waals surface area contributed by atoms with Crippen molar-refractivity contribution in [2.45, 2.75) is 26.0 Å². The molecule has 0 rings (SSSR count). The van der Waals surface area contributed by atoms with Crippen molar-refractivity contribution in [1.29, 1.82) is 0 Å². The molecule has 72 valence electrons. The first-order valence-electron chi connectivity index (χ1n) is 4.50. The molecule has 1 unspecified atom stereocenters. The van der Waals surface area contributed by atoms with Crippen LogP contribution in [0.3, 0.4) is 0 Å². The van der Waals surface area contributed by atoms with Crippen LogP contribution in [0.15, 0.2) is 12.2 Å². The molecule has 0 heterocycles. The van der Waals surface area contributed by atoms with E-state index in [1.807, 2.05) is 18.8 Å². The zero-order valence-corrected chi connectivity index (χ0v) is 9.50. The van der Waals surface area contributed by atoms with Gasteiger partial charge in [0.1, 0.15) is 0 Å². The molecule has 0 amide bonds. The van der Waals surface area contributed by atoms with Crippen molar-refractivity contribution in [3.8, 4) is 0 Å². The number of nitrogens with one attached hydrogen (secondary N) is 1. The summed E-state index contributed by atoms with van der Waals surface area (Å²) in [6, 6.07) is 0. The lowest BCUT2D eigenvalue weighted by molar-refractivity contribution is 0.642. The van der Waals surface area contributed by atoms with Gasteiger partial charge in [0.05, 0.1) is 0 Å². The van der Waals surface area contributed by atoms with Crippen LogP contribution in [-0.2, 0) is 0 Å². The second kappa shape index (κ2) is 6.55. The molecule has 0 aliphatic carbocycles. The van der Waals surface area contributed by atoms with Crippen LogP contribution in [0.5, 0.6) is 0 Å². The van der Waals surface area contributed by atoms with Gasteiger partial charge in [-0.3, -0.25) is 0 Å². The molecule has 1 N–H and O–H groups in total. The maximum atomic E-state index is 3.99. The highest BCUT2D eigenvalue weighted by molar-refractivity contribution is 8.00. The van der Waals surface area contributed by atoms with E-state index in [1.165, 1.54) is 5.57 Å². The summed E-state index contributed by atoms with van der Waals surface area (Å²) in [6.45, 7) is 11.7. The van der Waals surface area contributed by atoms with Crippen molar-refractivity contribution < 1.29 is 0 Å². The van der Waals surface area contributed by atoms with Crippen molar-refractivity contribution in [2.24, 2.45) is 5.92 Å². The van der Waals surface area contributed by atoms with Crippen molar-refractivity contribution >= 4 is 11.8 Å². The van der Waals surface area contributed by atoms with Gasteiger partial charge in [0.15, 0.2) is 0 Å². The van der Waals surface area contributed by atoms with Crippen molar-refractivity contribution in [1.82, 2.24) is 5.32 Å². The number of likely N-dealkylation sites (N-methyl/N-ethyl adjacent to an activating group) is 1. The monoisotopic (exact) mass is 187 g/mol. The van der Waals surface area contributed by atoms with Crippen LogP contribution < -0.4 is 5.32 Å². The van der Waals surface area contributed by atoms with Gasteiger partial charge in [-0.25, -0.2) is 0 Å². The third kappa shape index (κ3) is 5.67. The van der Waals surface area contributed by atoms with Crippen LogP contribution >= 0.6 is 11.8 Å². The van der Waals surface area contributed by atoms with Gasteiger partial charge in [0.25, 0.3) is 0 Å². The van der Waals surface area contributed by atoms with Crippen molar-refractivity contribution in [3.05, 3.63) is 12.2 Å². The lowest BCUT2D eigenvalue weighted by atomic mass is 10.2. The number of rotatable bonds is 6. The summed E-state index contributed by atoms with van der Waals surface area (Å²) in [5.74, 6) is 1.84. The largest absolute Gasteiger partial charge is 0.316 e. The summed E-state index contributed by atoms with van der Waals surface area (Å²) in [5.41, 5.74) is 1.29. The lowest BCUT2D eigenvalue weighted by Crippen LogP contribution is -2.13. The summed E-state index contributed by atoms with van der Waals surface area (Å²) in [4.78, 5) is 0. The molecule has 1 nitrogen and oxygen atoms in total. The Labute approximate surface area is 81.0 Å². The molecule has 2 heteroatoms. The van der Waals surface area contributed by atoms with Crippen LogP contribution in [0.2, 0.25) is 0 Å². The average molecular weight is 187 g/mol. The van der Waals surface area contributed by atoms with Gasteiger partial charge in [-0.2, -0.15) is 11.8 Å². The van der Waals surface area contributed by atoms with E-state index in [0.717, 1.165) is 23.5 Å². The maximum Gasteiger partial charge on any atom is 0.0167 e. The molecule has 1 atom stereocenters. The summed E-state index contributed by atoms with van der Waals surface area (Å²) >= 11 is 1.99. The highest BCUT2D eigenvalue weighted by Gasteiger charge is 2.07. The molecule has 0 saturated heterocycles. The first kappa shape index (κ1) is 12.0. The van der Waals surface area contributed by atoms with Gasteiger partial charge in [0.2, 0.25) is 0 Å². The smallest absolute Gasteiger partial charge is 0.0167 e. The topological polar surface area (TPSA) is 12.0 Å². The molecule has 0 bridgehead atoms. The zero-order chi connectivity index (χ0) is 9.56. The molecule has 0 aromatic rings. The van der Waals surface area contributed by atoms with Crippen LogP contribution in [0.25, 0.3) is 0 Å². The SMILES string of the molecule is C=C(CNC)CSC(C)C(C)C. The second-order valence-corrected chi connectivity index (χ2v) is 4.91. The van der Waals surface area contributed by atoms with Gasteiger partial charge in [-0.15, -0.1) is 0 Å². The van der Waals surface area contributed by atoms with E-state index in [2.05, 4.69) is 32.7 Å². The molecule has 0 saturated carbocycles. The molecule has 0 spiro atoms. The van der Waals surface area contributed by atoms with Gasteiger partial charge in [-0.1, -0.05) is 32.9 Å². The fourth-order valence-electron chi connectivity index (χ4n) is 0.743. The van der Waals surface area contributed by atoms with E-state index in [4.69, 9.17) is 0 Å². The Morgan fingerprint density at radius 2 is 2.00 bits per heavy atom. The molecular weight excluding hydrogens is 166 g/mol. The summed E-state index contributed by atoms with van der Waals surface area (Å²) in [7, 11) is 1.96. The summed E-state index contributed by atoms with van der Waals surface area (Å²) in [5, 5.41) is 3.84. The highest BCUT2D eigenvalue weighted by atomic mass is 32.2. The summed E-state index contributed by atoms with van der Waals surface area (Å²) in [6.07, 6.45) is 0.